The molecule has 0 aliphatic rings. The molecule has 4 rings (SSSR count). The number of hydrogen-bond acceptors (Lipinski definition) is 2. The zero-order chi connectivity index (χ0) is 18.5. The molecule has 1 unspecified atom stereocenters. The lowest BCUT2D eigenvalue weighted by Gasteiger charge is -2.15. The van der Waals surface area contributed by atoms with Crippen LogP contribution in [0.1, 0.15) is 22.0 Å². The molecule has 130 valence electrons. The van der Waals surface area contributed by atoms with Gasteiger partial charge in [-0.2, -0.15) is 4.57 Å². The van der Waals surface area contributed by atoms with Crippen LogP contribution in [0.2, 0.25) is 0 Å². The van der Waals surface area contributed by atoms with Gasteiger partial charge in [-0.3, -0.25) is 4.79 Å². The first-order valence-electron chi connectivity index (χ1n) is 8.90. The lowest BCUT2D eigenvalue weighted by Crippen LogP contribution is -2.46. The van der Waals surface area contributed by atoms with Crippen LogP contribution < -0.4 is 4.57 Å². The van der Waals surface area contributed by atoms with Crippen molar-refractivity contribution in [1.82, 2.24) is 4.98 Å². The average Bonchev–Trinajstić information content (AvgIpc) is 2.76. The monoisotopic (exact) mass is 351 g/mol. The van der Waals surface area contributed by atoms with Crippen LogP contribution in [0, 0.1) is 0 Å². The smallest absolute Gasteiger partial charge is 0.246 e. The molecule has 0 fully saturated rings. The van der Waals surface area contributed by atoms with Gasteiger partial charge in [0.2, 0.25) is 17.5 Å². The van der Waals surface area contributed by atoms with Gasteiger partial charge in [0.25, 0.3) is 0 Å². The molecule has 3 heteroatoms. The largest absolute Gasteiger partial charge is 0.286 e. The number of pyridine rings is 2. The van der Waals surface area contributed by atoms with E-state index in [0.717, 1.165) is 17.0 Å². The number of nitrogens with zero attached hydrogens (tertiary/aromatic N) is 2. The molecule has 0 radical (unpaired) electrons. The van der Waals surface area contributed by atoms with Crippen molar-refractivity contribution in [3.05, 3.63) is 121 Å². The third kappa shape index (κ3) is 3.53. The summed E-state index contributed by atoms with van der Waals surface area (Å²) in [6.07, 6.45) is 3.71. The average molecular weight is 351 g/mol. The van der Waals surface area contributed by atoms with Crippen molar-refractivity contribution in [2.24, 2.45) is 0 Å². The van der Waals surface area contributed by atoms with Gasteiger partial charge < -0.3 is 0 Å². The first kappa shape index (κ1) is 16.9. The predicted octanol–water partition coefficient (Wildman–Crippen LogP) is 4.51. The van der Waals surface area contributed by atoms with E-state index in [1.54, 1.807) is 6.20 Å². The van der Waals surface area contributed by atoms with Crippen molar-refractivity contribution in [3.63, 3.8) is 0 Å². The summed E-state index contributed by atoms with van der Waals surface area (Å²) in [7, 11) is 0. The maximum Gasteiger partial charge on any atom is 0.246 e. The number of aromatic nitrogens is 2. The molecular weight excluding hydrogens is 332 g/mol. The van der Waals surface area contributed by atoms with Crippen LogP contribution in [0.4, 0.5) is 0 Å². The predicted molar refractivity (Wildman–Crippen MR) is 105 cm³/mol. The zero-order valence-corrected chi connectivity index (χ0v) is 14.8. The number of benzene rings is 2. The number of carbonyl (C=O) groups excluding carboxylic acids is 1. The summed E-state index contributed by atoms with van der Waals surface area (Å²) in [5.41, 5.74) is 3.37. The van der Waals surface area contributed by atoms with Gasteiger partial charge in [0.05, 0.1) is 0 Å². The van der Waals surface area contributed by atoms with Gasteiger partial charge >= 0.3 is 0 Å². The third-order valence-corrected chi connectivity index (χ3v) is 4.52. The fraction of sp³-hybridized carbons (Fsp3) is 0.0417. The van der Waals surface area contributed by atoms with E-state index < -0.39 is 6.04 Å². The molecule has 1 atom stereocenters. The molecule has 4 aromatic rings. The number of hydrogen-bond donors (Lipinski definition) is 0. The second-order valence-electron chi connectivity index (χ2n) is 6.25. The van der Waals surface area contributed by atoms with E-state index >= 15 is 0 Å². The summed E-state index contributed by atoms with van der Waals surface area (Å²) in [6, 6.07) is 30.6. The summed E-state index contributed by atoms with van der Waals surface area (Å²) in [5, 5.41) is 0. The summed E-state index contributed by atoms with van der Waals surface area (Å²) in [4.78, 5) is 18.0. The lowest BCUT2D eigenvalue weighted by molar-refractivity contribution is -0.688. The topological polar surface area (TPSA) is 33.8 Å². The Morgan fingerprint density at radius 2 is 1.41 bits per heavy atom. The number of ketones is 1. The number of carbonyl (C=O) groups is 1. The Labute approximate surface area is 158 Å². The quantitative estimate of drug-likeness (QED) is 0.392. The highest BCUT2D eigenvalue weighted by atomic mass is 16.1. The highest BCUT2D eigenvalue weighted by molar-refractivity contribution is 5.99. The van der Waals surface area contributed by atoms with Crippen LogP contribution >= 0.6 is 0 Å². The maximum absolute atomic E-state index is 13.5. The van der Waals surface area contributed by atoms with E-state index in [0.29, 0.717) is 5.56 Å². The van der Waals surface area contributed by atoms with Crippen LogP contribution in [0.15, 0.2) is 109 Å². The van der Waals surface area contributed by atoms with E-state index in [4.69, 9.17) is 0 Å². The minimum absolute atomic E-state index is 0.0511. The second kappa shape index (κ2) is 7.75. The van der Waals surface area contributed by atoms with Crippen LogP contribution in [-0.4, -0.2) is 10.8 Å². The summed E-state index contributed by atoms with van der Waals surface area (Å²) < 4.78 is 2.01. The van der Waals surface area contributed by atoms with E-state index in [1.165, 1.54) is 0 Å². The normalized spacial score (nSPS) is 11.7. The molecule has 27 heavy (non-hydrogen) atoms. The van der Waals surface area contributed by atoms with Crippen molar-refractivity contribution in [3.8, 4) is 11.4 Å². The molecule has 0 saturated heterocycles. The fourth-order valence-corrected chi connectivity index (χ4v) is 3.25. The molecule has 2 aromatic carbocycles. The molecule has 0 aliphatic heterocycles. The summed E-state index contributed by atoms with van der Waals surface area (Å²) >= 11 is 0. The van der Waals surface area contributed by atoms with Crippen LogP contribution in [0.5, 0.6) is 0 Å². The molecule has 2 aromatic heterocycles. The molecule has 0 aliphatic carbocycles. The van der Waals surface area contributed by atoms with E-state index in [1.807, 2.05) is 108 Å². The van der Waals surface area contributed by atoms with Crippen LogP contribution in [0.25, 0.3) is 11.4 Å². The molecule has 0 spiro atoms. The van der Waals surface area contributed by atoms with Gasteiger partial charge in [-0.15, -0.1) is 0 Å². The highest BCUT2D eigenvalue weighted by Crippen LogP contribution is 2.22. The number of rotatable bonds is 5. The Balaban J connectivity index is 1.90. The first-order chi connectivity index (χ1) is 13.3. The van der Waals surface area contributed by atoms with Gasteiger partial charge in [0, 0.05) is 29.5 Å². The third-order valence-electron chi connectivity index (χ3n) is 4.52. The van der Waals surface area contributed by atoms with Crippen molar-refractivity contribution in [2.75, 3.05) is 0 Å². The summed E-state index contributed by atoms with van der Waals surface area (Å²) in [6.45, 7) is 0. The minimum atomic E-state index is -0.466. The Morgan fingerprint density at radius 3 is 2.11 bits per heavy atom. The zero-order valence-electron chi connectivity index (χ0n) is 14.8. The molecule has 0 amide bonds. The van der Waals surface area contributed by atoms with Crippen molar-refractivity contribution >= 4 is 5.78 Å². The lowest BCUT2D eigenvalue weighted by atomic mass is 9.96. The Hall–Kier alpha value is -3.59. The van der Waals surface area contributed by atoms with Gasteiger partial charge in [-0.25, -0.2) is 4.98 Å². The highest BCUT2D eigenvalue weighted by Gasteiger charge is 2.33. The van der Waals surface area contributed by atoms with Crippen molar-refractivity contribution in [1.29, 1.82) is 0 Å². The van der Waals surface area contributed by atoms with E-state index in [-0.39, 0.29) is 5.78 Å². The maximum atomic E-state index is 13.5. The Kier molecular flexibility index (Phi) is 4.84. The molecule has 2 heterocycles. The van der Waals surface area contributed by atoms with Gasteiger partial charge in [0.1, 0.15) is 5.69 Å². The minimum Gasteiger partial charge on any atom is -0.286 e. The second-order valence-corrected chi connectivity index (χ2v) is 6.25. The summed E-state index contributed by atoms with van der Waals surface area (Å²) in [5.74, 6) is 0.0511. The van der Waals surface area contributed by atoms with Crippen molar-refractivity contribution < 1.29 is 9.36 Å². The SMILES string of the molecule is O=C(c1ccccc1)C(c1ccccc1)[n+]1ccccc1-c1ccccn1. The molecule has 3 nitrogen and oxygen atoms in total. The molecule has 0 N–H and O–H groups in total. The van der Waals surface area contributed by atoms with E-state index in [9.17, 15) is 4.79 Å². The van der Waals surface area contributed by atoms with Crippen molar-refractivity contribution in [2.45, 2.75) is 6.04 Å². The molecule has 0 saturated carbocycles. The molecule has 0 bridgehead atoms. The fourth-order valence-electron chi connectivity index (χ4n) is 3.25. The first-order valence-corrected chi connectivity index (χ1v) is 8.90. The van der Waals surface area contributed by atoms with Crippen LogP contribution in [0.3, 0.4) is 0 Å². The van der Waals surface area contributed by atoms with Gasteiger partial charge in [0.15, 0.2) is 6.20 Å². The molecular formula is C24H19N2O+. The van der Waals surface area contributed by atoms with Gasteiger partial charge in [-0.1, -0.05) is 66.7 Å². The number of Topliss-reactive ketones (excluding diaryl/α,β-unsaturated/α-hetero) is 1. The van der Waals surface area contributed by atoms with Crippen LogP contribution in [-0.2, 0) is 0 Å². The Bertz CT molecular complexity index is 1030. The van der Waals surface area contributed by atoms with E-state index in [2.05, 4.69) is 4.98 Å². The van der Waals surface area contributed by atoms with Gasteiger partial charge in [-0.05, 0) is 18.2 Å². The standard InChI is InChI=1S/C24H19N2O/c27-24(20-13-5-2-6-14-20)23(19-11-3-1-4-12-19)26-18-10-8-16-22(26)21-15-7-9-17-25-21/h1-18,23H/q+1. The Morgan fingerprint density at radius 1 is 0.741 bits per heavy atom.